The maximum absolute atomic E-state index is 13.2. The Hall–Kier alpha value is -3.36. The van der Waals surface area contributed by atoms with E-state index in [2.05, 4.69) is 10.1 Å². The van der Waals surface area contributed by atoms with Crippen LogP contribution in [-0.4, -0.2) is 44.1 Å². The van der Waals surface area contributed by atoms with Gasteiger partial charge in [0, 0.05) is 19.5 Å². The molecule has 0 spiro atoms. The Morgan fingerprint density at radius 2 is 1.85 bits per heavy atom. The van der Waals surface area contributed by atoms with E-state index < -0.39 is 18.6 Å². The molecule has 2 aromatic carbocycles. The van der Waals surface area contributed by atoms with Crippen molar-refractivity contribution in [1.82, 2.24) is 10.2 Å². The van der Waals surface area contributed by atoms with Gasteiger partial charge in [-0.25, -0.2) is 0 Å². The van der Waals surface area contributed by atoms with Crippen molar-refractivity contribution in [3.63, 3.8) is 0 Å². The number of carbonyl (C=O) groups excluding carboxylic acids is 2. The molecule has 2 atom stereocenters. The molecule has 34 heavy (non-hydrogen) atoms. The van der Waals surface area contributed by atoms with Gasteiger partial charge in [0.25, 0.3) is 0 Å². The topological polar surface area (TPSA) is 77.1 Å². The van der Waals surface area contributed by atoms with Crippen LogP contribution in [0.4, 0.5) is 8.78 Å². The third-order valence-electron chi connectivity index (χ3n) is 5.89. The van der Waals surface area contributed by atoms with Crippen LogP contribution in [0.15, 0.2) is 42.5 Å². The second-order valence-corrected chi connectivity index (χ2v) is 8.05. The van der Waals surface area contributed by atoms with Gasteiger partial charge in [-0.2, -0.15) is 8.78 Å². The molecule has 1 N–H and O–H groups in total. The van der Waals surface area contributed by atoms with E-state index in [4.69, 9.17) is 9.47 Å². The van der Waals surface area contributed by atoms with Crippen molar-refractivity contribution in [2.24, 2.45) is 5.92 Å². The molecule has 0 saturated carbocycles. The maximum atomic E-state index is 13.2. The van der Waals surface area contributed by atoms with E-state index in [0.717, 1.165) is 18.4 Å². The molecule has 2 aromatic rings. The van der Waals surface area contributed by atoms with Crippen molar-refractivity contribution < 1.29 is 32.6 Å². The number of rotatable bonds is 11. The van der Waals surface area contributed by atoms with Gasteiger partial charge in [0.2, 0.25) is 11.8 Å². The number of carbonyl (C=O) groups is 2. The van der Waals surface area contributed by atoms with Gasteiger partial charge < -0.3 is 24.4 Å². The molecule has 1 fully saturated rings. The molecular weight excluding hydrogens is 446 g/mol. The SMILES string of the molecule is CCCCN1C(=O)CC(C(=O)NCc2ccc(OC)c(OC(F)F)c2)C1c1ccc(OC)cc1. The van der Waals surface area contributed by atoms with E-state index in [9.17, 15) is 18.4 Å². The molecule has 0 aromatic heterocycles. The number of halogens is 2. The minimum absolute atomic E-state index is 0.0634. The van der Waals surface area contributed by atoms with Gasteiger partial charge in [-0.3, -0.25) is 9.59 Å². The number of amides is 2. The summed E-state index contributed by atoms with van der Waals surface area (Å²) in [5.74, 6) is -0.167. The van der Waals surface area contributed by atoms with Crippen LogP contribution in [0.3, 0.4) is 0 Å². The van der Waals surface area contributed by atoms with Gasteiger partial charge in [0.15, 0.2) is 11.5 Å². The average Bonchev–Trinajstić information content (AvgIpc) is 3.17. The largest absolute Gasteiger partial charge is 0.497 e. The summed E-state index contributed by atoms with van der Waals surface area (Å²) in [5, 5.41) is 2.85. The maximum Gasteiger partial charge on any atom is 0.387 e. The van der Waals surface area contributed by atoms with Gasteiger partial charge in [0.05, 0.1) is 26.2 Å². The summed E-state index contributed by atoms with van der Waals surface area (Å²) in [5.41, 5.74) is 1.43. The molecule has 2 unspecified atom stereocenters. The number of unbranched alkanes of at least 4 members (excludes halogenated alkanes) is 1. The third kappa shape index (κ3) is 5.95. The van der Waals surface area contributed by atoms with Crippen LogP contribution in [0.5, 0.6) is 17.2 Å². The highest BCUT2D eigenvalue weighted by molar-refractivity contribution is 5.90. The molecule has 0 bridgehead atoms. The first-order valence-electron chi connectivity index (χ1n) is 11.2. The molecule has 9 heteroatoms. The molecule has 7 nitrogen and oxygen atoms in total. The Kier molecular flexibility index (Phi) is 8.67. The summed E-state index contributed by atoms with van der Waals surface area (Å²) in [6.45, 7) is -0.281. The predicted octanol–water partition coefficient (Wildman–Crippen LogP) is 4.31. The third-order valence-corrected chi connectivity index (χ3v) is 5.89. The van der Waals surface area contributed by atoms with Crippen molar-refractivity contribution in [2.45, 2.75) is 45.4 Å². The molecule has 1 heterocycles. The number of hydrogen-bond donors (Lipinski definition) is 1. The van der Waals surface area contributed by atoms with Gasteiger partial charge in [-0.1, -0.05) is 31.5 Å². The summed E-state index contributed by atoms with van der Waals surface area (Å²) in [6.07, 6.45) is 1.87. The predicted molar refractivity (Wildman–Crippen MR) is 122 cm³/mol. The molecule has 1 saturated heterocycles. The van der Waals surface area contributed by atoms with Crippen LogP contribution in [0.2, 0.25) is 0 Å². The minimum Gasteiger partial charge on any atom is -0.497 e. The van der Waals surface area contributed by atoms with Crippen molar-refractivity contribution in [2.75, 3.05) is 20.8 Å². The van der Waals surface area contributed by atoms with Crippen LogP contribution in [-0.2, 0) is 16.1 Å². The smallest absolute Gasteiger partial charge is 0.387 e. The van der Waals surface area contributed by atoms with Gasteiger partial charge >= 0.3 is 6.61 Å². The fraction of sp³-hybridized carbons (Fsp3) is 0.440. The molecule has 0 radical (unpaired) electrons. The van der Waals surface area contributed by atoms with E-state index in [1.54, 1.807) is 18.1 Å². The number of nitrogens with one attached hydrogen (secondary N) is 1. The van der Waals surface area contributed by atoms with E-state index in [1.807, 2.05) is 31.2 Å². The van der Waals surface area contributed by atoms with Crippen molar-refractivity contribution in [3.05, 3.63) is 53.6 Å². The fourth-order valence-electron chi connectivity index (χ4n) is 4.17. The Labute approximate surface area is 198 Å². The first-order chi connectivity index (χ1) is 16.4. The van der Waals surface area contributed by atoms with E-state index in [-0.39, 0.29) is 36.3 Å². The van der Waals surface area contributed by atoms with Gasteiger partial charge in [0.1, 0.15) is 5.75 Å². The standard InChI is InChI=1S/C25H30F2N2O5/c1-4-5-12-29-22(30)14-19(23(29)17-7-9-18(32-2)10-8-17)24(31)28-15-16-6-11-20(33-3)21(13-16)34-25(26)27/h6-11,13,19,23,25H,4-5,12,14-15H2,1-3H3,(H,28,31). The molecule has 0 aliphatic carbocycles. The zero-order valence-corrected chi connectivity index (χ0v) is 19.6. The Balaban J connectivity index is 1.78. The Morgan fingerprint density at radius 3 is 2.47 bits per heavy atom. The van der Waals surface area contributed by atoms with Crippen molar-refractivity contribution in [1.29, 1.82) is 0 Å². The van der Waals surface area contributed by atoms with Crippen LogP contribution in [0, 0.1) is 5.92 Å². The molecule has 2 amide bonds. The zero-order chi connectivity index (χ0) is 24.7. The quantitative estimate of drug-likeness (QED) is 0.523. The number of alkyl halides is 2. The average molecular weight is 477 g/mol. The van der Waals surface area contributed by atoms with Crippen LogP contribution >= 0.6 is 0 Å². The van der Waals surface area contributed by atoms with Crippen LogP contribution in [0.25, 0.3) is 0 Å². The summed E-state index contributed by atoms with van der Waals surface area (Å²) in [4.78, 5) is 27.8. The number of hydrogen-bond acceptors (Lipinski definition) is 5. The van der Waals surface area contributed by atoms with Crippen LogP contribution in [0.1, 0.15) is 43.4 Å². The molecule has 3 rings (SSSR count). The van der Waals surface area contributed by atoms with Gasteiger partial charge in [-0.15, -0.1) is 0 Å². The normalized spacial score (nSPS) is 17.7. The van der Waals surface area contributed by atoms with E-state index >= 15 is 0 Å². The highest BCUT2D eigenvalue weighted by atomic mass is 19.3. The van der Waals surface area contributed by atoms with Gasteiger partial charge in [-0.05, 0) is 41.8 Å². The van der Waals surface area contributed by atoms with Crippen molar-refractivity contribution in [3.8, 4) is 17.2 Å². The molecule has 1 aliphatic rings. The summed E-state index contributed by atoms with van der Waals surface area (Å²) in [6, 6.07) is 11.5. The number of ether oxygens (including phenoxy) is 3. The number of nitrogens with zero attached hydrogens (tertiary/aromatic N) is 1. The Bertz CT molecular complexity index is 984. The first-order valence-corrected chi connectivity index (χ1v) is 11.2. The number of benzene rings is 2. The molecule has 1 aliphatic heterocycles. The fourth-order valence-corrected chi connectivity index (χ4v) is 4.17. The lowest BCUT2D eigenvalue weighted by Gasteiger charge is -2.28. The lowest BCUT2D eigenvalue weighted by molar-refractivity contribution is -0.129. The molecule has 184 valence electrons. The number of methoxy groups -OCH3 is 2. The Morgan fingerprint density at radius 1 is 1.12 bits per heavy atom. The van der Waals surface area contributed by atoms with Crippen LogP contribution < -0.4 is 19.5 Å². The zero-order valence-electron chi connectivity index (χ0n) is 19.6. The summed E-state index contributed by atoms with van der Waals surface area (Å²) in [7, 11) is 2.94. The number of likely N-dealkylation sites (tertiary alicyclic amines) is 1. The molecular formula is C25H30F2N2O5. The first kappa shape index (κ1) is 25.3. The van der Waals surface area contributed by atoms with Crippen molar-refractivity contribution >= 4 is 11.8 Å². The minimum atomic E-state index is -3.00. The summed E-state index contributed by atoms with van der Waals surface area (Å²) >= 11 is 0. The second kappa shape index (κ2) is 11.7. The monoisotopic (exact) mass is 476 g/mol. The van der Waals surface area contributed by atoms with E-state index in [0.29, 0.717) is 17.9 Å². The highest BCUT2D eigenvalue weighted by Crippen LogP contribution is 2.39. The second-order valence-electron chi connectivity index (χ2n) is 8.05. The highest BCUT2D eigenvalue weighted by Gasteiger charge is 2.44. The van der Waals surface area contributed by atoms with E-state index in [1.165, 1.54) is 19.2 Å². The lowest BCUT2D eigenvalue weighted by atomic mass is 9.92. The lowest BCUT2D eigenvalue weighted by Crippen LogP contribution is -2.35. The summed E-state index contributed by atoms with van der Waals surface area (Å²) < 4.78 is 40.2.